The van der Waals surface area contributed by atoms with E-state index >= 15 is 0 Å². The maximum atomic E-state index is 13.3. The topological polar surface area (TPSA) is 156 Å². The number of aromatic hydroxyl groups is 1. The molecule has 0 radical (unpaired) electrons. The Bertz CT molecular complexity index is 1460. The molecule has 0 saturated heterocycles. The minimum Gasteiger partial charge on any atom is -0.506 e. The van der Waals surface area contributed by atoms with Crippen LogP contribution in [0.1, 0.15) is 40.5 Å². The first kappa shape index (κ1) is 29.0. The number of primary amides is 1. The SMILES string of the molecule is CCCC(C(=O)Nc1cc(O)c(NC(=O)c2ccc(C(N)=O)cc2)cc1Cl)S(=O)(=O)c1ccc(SC)cc1. The number of phenolic OH excluding ortho intramolecular Hbond substituents is 1. The number of anilines is 2. The van der Waals surface area contributed by atoms with Crippen LogP contribution in [0.5, 0.6) is 5.75 Å². The van der Waals surface area contributed by atoms with Gasteiger partial charge >= 0.3 is 0 Å². The first-order chi connectivity index (χ1) is 18.0. The van der Waals surface area contributed by atoms with E-state index in [2.05, 4.69) is 10.6 Å². The molecule has 0 aromatic heterocycles. The molecular formula is C26H26ClN3O6S2. The van der Waals surface area contributed by atoms with Crippen LogP contribution in [0.25, 0.3) is 0 Å². The molecule has 12 heteroatoms. The van der Waals surface area contributed by atoms with Crippen molar-refractivity contribution in [3.8, 4) is 5.75 Å². The van der Waals surface area contributed by atoms with E-state index in [0.29, 0.717) is 6.42 Å². The van der Waals surface area contributed by atoms with Crippen molar-refractivity contribution in [2.24, 2.45) is 5.73 Å². The number of sulfone groups is 1. The summed E-state index contributed by atoms with van der Waals surface area (Å²) < 4.78 is 26.5. The molecule has 38 heavy (non-hydrogen) atoms. The molecule has 0 bridgehead atoms. The Labute approximate surface area is 229 Å². The lowest BCUT2D eigenvalue weighted by Gasteiger charge is -2.18. The summed E-state index contributed by atoms with van der Waals surface area (Å²) in [6.45, 7) is 1.77. The fourth-order valence-electron chi connectivity index (χ4n) is 3.57. The first-order valence-electron chi connectivity index (χ1n) is 11.4. The second-order valence-electron chi connectivity index (χ2n) is 8.23. The van der Waals surface area contributed by atoms with Gasteiger partial charge < -0.3 is 21.5 Å². The molecular weight excluding hydrogens is 550 g/mol. The largest absolute Gasteiger partial charge is 0.506 e. The zero-order chi connectivity index (χ0) is 28.0. The summed E-state index contributed by atoms with van der Waals surface area (Å²) in [6.07, 6.45) is 2.38. The van der Waals surface area contributed by atoms with Crippen LogP contribution in [-0.2, 0) is 14.6 Å². The smallest absolute Gasteiger partial charge is 0.255 e. The van der Waals surface area contributed by atoms with Gasteiger partial charge in [-0.3, -0.25) is 14.4 Å². The molecule has 3 amide bonds. The summed E-state index contributed by atoms with van der Waals surface area (Å²) in [4.78, 5) is 37.8. The maximum absolute atomic E-state index is 13.3. The number of nitrogens with one attached hydrogen (secondary N) is 2. The second kappa shape index (κ2) is 12.3. The zero-order valence-corrected chi connectivity index (χ0v) is 22.9. The van der Waals surface area contributed by atoms with Crippen molar-refractivity contribution >= 4 is 62.3 Å². The van der Waals surface area contributed by atoms with Crippen LogP contribution in [0, 0.1) is 0 Å². The Balaban J connectivity index is 1.80. The fraction of sp³-hybridized carbons (Fsp3) is 0.192. The molecule has 3 aromatic rings. The molecule has 0 aliphatic rings. The molecule has 0 aliphatic carbocycles. The van der Waals surface area contributed by atoms with E-state index in [1.807, 2.05) is 6.26 Å². The van der Waals surface area contributed by atoms with Crippen LogP contribution in [0.15, 0.2) is 70.5 Å². The van der Waals surface area contributed by atoms with Gasteiger partial charge in [-0.25, -0.2) is 8.42 Å². The number of benzene rings is 3. The number of thioether (sulfide) groups is 1. The van der Waals surface area contributed by atoms with Crippen LogP contribution in [0.2, 0.25) is 5.02 Å². The first-order valence-corrected chi connectivity index (χ1v) is 14.5. The van der Waals surface area contributed by atoms with Gasteiger partial charge in [-0.1, -0.05) is 24.9 Å². The highest BCUT2D eigenvalue weighted by Crippen LogP contribution is 2.35. The lowest BCUT2D eigenvalue weighted by molar-refractivity contribution is -0.116. The monoisotopic (exact) mass is 575 g/mol. The number of hydrogen-bond acceptors (Lipinski definition) is 7. The van der Waals surface area contributed by atoms with Gasteiger partial charge in [0.15, 0.2) is 9.84 Å². The van der Waals surface area contributed by atoms with Gasteiger partial charge in [0.2, 0.25) is 11.8 Å². The van der Waals surface area contributed by atoms with Gasteiger partial charge in [0.05, 0.1) is 21.3 Å². The number of carbonyl (C=O) groups is 3. The third-order valence-electron chi connectivity index (χ3n) is 5.63. The fourth-order valence-corrected chi connectivity index (χ4v) is 5.92. The van der Waals surface area contributed by atoms with Crippen LogP contribution < -0.4 is 16.4 Å². The van der Waals surface area contributed by atoms with E-state index in [9.17, 15) is 27.9 Å². The van der Waals surface area contributed by atoms with E-state index in [0.717, 1.165) is 11.0 Å². The van der Waals surface area contributed by atoms with Crippen molar-refractivity contribution < 1.29 is 27.9 Å². The van der Waals surface area contributed by atoms with Crippen molar-refractivity contribution in [2.75, 3.05) is 16.9 Å². The second-order valence-corrected chi connectivity index (χ2v) is 11.6. The number of phenols is 1. The normalized spacial score (nSPS) is 12.0. The number of carbonyl (C=O) groups excluding carboxylic acids is 3. The summed E-state index contributed by atoms with van der Waals surface area (Å²) in [6, 6.07) is 14.2. The molecule has 200 valence electrons. The van der Waals surface area contributed by atoms with Crippen molar-refractivity contribution in [1.82, 2.24) is 0 Å². The van der Waals surface area contributed by atoms with Crippen molar-refractivity contribution in [3.05, 3.63) is 76.8 Å². The van der Waals surface area contributed by atoms with Gasteiger partial charge in [-0.2, -0.15) is 0 Å². The highest BCUT2D eigenvalue weighted by Gasteiger charge is 2.33. The van der Waals surface area contributed by atoms with Crippen molar-refractivity contribution in [3.63, 3.8) is 0 Å². The van der Waals surface area contributed by atoms with Crippen LogP contribution in [0.4, 0.5) is 11.4 Å². The average molecular weight is 576 g/mol. The molecule has 0 heterocycles. The molecule has 9 nitrogen and oxygen atoms in total. The number of hydrogen-bond donors (Lipinski definition) is 4. The molecule has 0 fully saturated rings. The van der Waals surface area contributed by atoms with E-state index in [1.165, 1.54) is 54.2 Å². The Morgan fingerprint density at radius 2 is 1.58 bits per heavy atom. The van der Waals surface area contributed by atoms with Gasteiger partial charge in [0, 0.05) is 22.1 Å². The van der Waals surface area contributed by atoms with E-state index in [1.54, 1.807) is 19.1 Å². The quantitative estimate of drug-likeness (QED) is 0.202. The number of amides is 3. The van der Waals surface area contributed by atoms with Crippen molar-refractivity contribution in [2.45, 2.75) is 34.8 Å². The molecule has 1 atom stereocenters. The third kappa shape index (κ3) is 6.66. The summed E-state index contributed by atoms with van der Waals surface area (Å²) in [5, 5.41) is 14.0. The average Bonchev–Trinajstić information content (AvgIpc) is 2.89. The van der Waals surface area contributed by atoms with Gasteiger partial charge in [-0.05, 0) is 67.3 Å². The summed E-state index contributed by atoms with van der Waals surface area (Å²) in [5.74, 6) is -2.44. The Kier molecular flexibility index (Phi) is 9.42. The van der Waals surface area contributed by atoms with Gasteiger partial charge in [0.25, 0.3) is 5.91 Å². The summed E-state index contributed by atoms with van der Waals surface area (Å²) >= 11 is 7.76. The molecule has 0 saturated carbocycles. The minimum absolute atomic E-state index is 0.0213. The van der Waals surface area contributed by atoms with E-state index in [-0.39, 0.29) is 38.8 Å². The van der Waals surface area contributed by atoms with Crippen LogP contribution >= 0.6 is 23.4 Å². The molecule has 5 N–H and O–H groups in total. The predicted octanol–water partition coefficient (Wildman–Crippen LogP) is 4.70. The number of rotatable bonds is 10. The molecule has 0 aliphatic heterocycles. The Morgan fingerprint density at radius 1 is 0.974 bits per heavy atom. The summed E-state index contributed by atoms with van der Waals surface area (Å²) in [5.41, 5.74) is 5.56. The number of halogens is 1. The van der Waals surface area contributed by atoms with E-state index in [4.69, 9.17) is 17.3 Å². The Hall–Kier alpha value is -3.54. The highest BCUT2D eigenvalue weighted by molar-refractivity contribution is 7.98. The third-order valence-corrected chi connectivity index (χ3v) is 8.81. The summed E-state index contributed by atoms with van der Waals surface area (Å²) in [7, 11) is -4.01. The zero-order valence-electron chi connectivity index (χ0n) is 20.5. The van der Waals surface area contributed by atoms with Crippen molar-refractivity contribution in [1.29, 1.82) is 0 Å². The van der Waals surface area contributed by atoms with Crippen LogP contribution in [0.3, 0.4) is 0 Å². The molecule has 1 unspecified atom stereocenters. The minimum atomic E-state index is -4.01. The predicted molar refractivity (Wildman–Crippen MR) is 149 cm³/mol. The molecule has 0 spiro atoms. The van der Waals surface area contributed by atoms with E-state index < -0.39 is 38.6 Å². The standard InChI is InChI=1S/C26H26ClN3O6S2/c1-3-4-23(38(35,36)18-11-9-17(37-2)10-12-18)26(34)29-20-14-22(31)21(13-19(20)27)30-25(33)16-7-5-15(6-8-16)24(28)32/h5-14,23,31H,3-4H2,1-2H3,(H2,28,32)(H,29,34)(H,30,33). The molecule has 3 rings (SSSR count). The lowest BCUT2D eigenvalue weighted by atomic mass is 10.1. The van der Waals surface area contributed by atoms with Gasteiger partial charge in [0.1, 0.15) is 11.0 Å². The highest BCUT2D eigenvalue weighted by atomic mass is 35.5. The maximum Gasteiger partial charge on any atom is 0.255 e. The number of nitrogens with two attached hydrogens (primary N) is 1. The lowest BCUT2D eigenvalue weighted by Crippen LogP contribution is -2.35. The van der Waals surface area contributed by atoms with Gasteiger partial charge in [-0.15, -0.1) is 11.8 Å². The Morgan fingerprint density at radius 3 is 2.13 bits per heavy atom. The van der Waals surface area contributed by atoms with Crippen LogP contribution in [-0.4, -0.2) is 42.8 Å². The molecule has 3 aromatic carbocycles.